The molecule has 0 amide bonds. The summed E-state index contributed by atoms with van der Waals surface area (Å²) in [6.45, 7) is 8.19. The van der Waals surface area contributed by atoms with Crippen LogP contribution in [0.25, 0.3) is 0 Å². The van der Waals surface area contributed by atoms with E-state index in [1.54, 1.807) is 0 Å². The van der Waals surface area contributed by atoms with E-state index >= 15 is 0 Å². The summed E-state index contributed by atoms with van der Waals surface area (Å²) in [7, 11) is 0. The van der Waals surface area contributed by atoms with Crippen LogP contribution < -0.4 is 0 Å². The van der Waals surface area contributed by atoms with E-state index in [-0.39, 0.29) is 0 Å². The predicted octanol–water partition coefficient (Wildman–Crippen LogP) is 3.93. The first-order valence-electron chi connectivity index (χ1n) is 5.52. The molecule has 0 atom stereocenters. The molecular formula is C14H20. The van der Waals surface area contributed by atoms with Crippen molar-refractivity contribution >= 4 is 0 Å². The van der Waals surface area contributed by atoms with Gasteiger partial charge in [-0.3, -0.25) is 0 Å². The quantitative estimate of drug-likeness (QED) is 0.614. The second kappa shape index (κ2) is 5.64. The molecule has 1 rings (SSSR count). The maximum Gasteiger partial charge on any atom is -0.0244 e. The zero-order valence-corrected chi connectivity index (χ0v) is 9.34. The van der Waals surface area contributed by atoms with E-state index in [2.05, 4.69) is 38.6 Å². The highest BCUT2D eigenvalue weighted by molar-refractivity contribution is 5.30. The highest BCUT2D eigenvalue weighted by Gasteiger charge is 1.98. The topological polar surface area (TPSA) is 0 Å². The molecule has 0 N–H and O–H groups in total. The minimum absolute atomic E-state index is 1.08. The standard InChI is InChI=1S/C14H20/c1-4-7-8-14-10-12(5-2)9-13(6-3)11-14/h4,9-11H,1,5-8H2,2-3H3. The lowest BCUT2D eigenvalue weighted by Crippen LogP contribution is -1.91. The van der Waals surface area contributed by atoms with E-state index in [1.165, 1.54) is 16.7 Å². The van der Waals surface area contributed by atoms with Crippen LogP contribution in [0.15, 0.2) is 30.9 Å². The fraction of sp³-hybridized carbons (Fsp3) is 0.429. The molecule has 0 bridgehead atoms. The Bertz CT molecular complexity index is 275. The van der Waals surface area contributed by atoms with Crippen molar-refractivity contribution in [2.75, 3.05) is 0 Å². The van der Waals surface area contributed by atoms with Gasteiger partial charge in [-0.15, -0.1) is 6.58 Å². The Labute approximate surface area is 87.7 Å². The molecule has 0 fully saturated rings. The second-order valence-corrected chi connectivity index (χ2v) is 3.69. The van der Waals surface area contributed by atoms with Gasteiger partial charge >= 0.3 is 0 Å². The average molecular weight is 188 g/mol. The van der Waals surface area contributed by atoms with Crippen LogP contribution in [0.3, 0.4) is 0 Å². The molecule has 0 aromatic heterocycles. The van der Waals surface area contributed by atoms with Crippen LogP contribution in [-0.2, 0) is 19.3 Å². The monoisotopic (exact) mass is 188 g/mol. The molecule has 1 aromatic carbocycles. The zero-order chi connectivity index (χ0) is 10.4. The summed E-state index contributed by atoms with van der Waals surface area (Å²) >= 11 is 0. The predicted molar refractivity (Wildman–Crippen MR) is 63.7 cm³/mol. The lowest BCUT2D eigenvalue weighted by molar-refractivity contribution is 0.978. The number of benzene rings is 1. The summed E-state index contributed by atoms with van der Waals surface area (Å²) < 4.78 is 0. The van der Waals surface area contributed by atoms with E-state index in [0.717, 1.165) is 25.7 Å². The van der Waals surface area contributed by atoms with Crippen LogP contribution >= 0.6 is 0 Å². The van der Waals surface area contributed by atoms with Gasteiger partial charge in [-0.25, -0.2) is 0 Å². The lowest BCUT2D eigenvalue weighted by atomic mass is 10.00. The summed E-state index contributed by atoms with van der Waals surface area (Å²) in [4.78, 5) is 0. The van der Waals surface area contributed by atoms with Crippen molar-refractivity contribution in [3.63, 3.8) is 0 Å². The fourth-order valence-corrected chi connectivity index (χ4v) is 1.66. The Hall–Kier alpha value is -1.04. The SMILES string of the molecule is C=CCCc1cc(CC)cc(CC)c1. The minimum atomic E-state index is 1.08. The first-order valence-corrected chi connectivity index (χ1v) is 5.52. The summed E-state index contributed by atoms with van der Waals surface area (Å²) in [6, 6.07) is 6.96. The molecule has 0 heterocycles. The van der Waals surface area contributed by atoms with Crippen LogP contribution in [0.2, 0.25) is 0 Å². The third-order valence-corrected chi connectivity index (χ3v) is 2.57. The normalized spacial score (nSPS) is 10.1. The van der Waals surface area contributed by atoms with Crippen LogP contribution in [0, 0.1) is 0 Å². The largest absolute Gasteiger partial charge is 0.103 e. The maximum atomic E-state index is 3.76. The Kier molecular flexibility index (Phi) is 4.45. The van der Waals surface area contributed by atoms with Gasteiger partial charge in [0.1, 0.15) is 0 Å². The van der Waals surface area contributed by atoms with Gasteiger partial charge in [0.05, 0.1) is 0 Å². The van der Waals surface area contributed by atoms with Crippen molar-refractivity contribution in [3.8, 4) is 0 Å². The fourth-order valence-electron chi connectivity index (χ4n) is 1.66. The smallest absolute Gasteiger partial charge is 0.0244 e. The third-order valence-electron chi connectivity index (χ3n) is 2.57. The molecule has 76 valence electrons. The van der Waals surface area contributed by atoms with E-state index < -0.39 is 0 Å². The number of rotatable bonds is 5. The van der Waals surface area contributed by atoms with Crippen LogP contribution in [0.1, 0.15) is 37.0 Å². The van der Waals surface area contributed by atoms with E-state index in [0.29, 0.717) is 0 Å². The van der Waals surface area contributed by atoms with Gasteiger partial charge in [0.15, 0.2) is 0 Å². The molecule has 0 saturated carbocycles. The number of hydrogen-bond donors (Lipinski definition) is 0. The van der Waals surface area contributed by atoms with Crippen LogP contribution in [0.5, 0.6) is 0 Å². The zero-order valence-electron chi connectivity index (χ0n) is 9.34. The highest BCUT2D eigenvalue weighted by atomic mass is 14.0. The summed E-state index contributed by atoms with van der Waals surface area (Å²) in [5.74, 6) is 0. The number of hydrogen-bond acceptors (Lipinski definition) is 0. The lowest BCUT2D eigenvalue weighted by Gasteiger charge is -2.06. The number of aryl methyl sites for hydroxylation is 3. The second-order valence-electron chi connectivity index (χ2n) is 3.69. The van der Waals surface area contributed by atoms with Gasteiger partial charge in [0.2, 0.25) is 0 Å². The van der Waals surface area contributed by atoms with Crippen molar-refractivity contribution in [2.24, 2.45) is 0 Å². The molecule has 0 radical (unpaired) electrons. The van der Waals surface area contributed by atoms with Crippen molar-refractivity contribution in [2.45, 2.75) is 39.5 Å². The van der Waals surface area contributed by atoms with E-state index in [9.17, 15) is 0 Å². The molecule has 0 unspecified atom stereocenters. The molecule has 0 nitrogen and oxygen atoms in total. The molecule has 1 aromatic rings. The molecule has 0 spiro atoms. The molecule has 0 aliphatic rings. The first-order chi connectivity index (χ1) is 6.80. The molecule has 14 heavy (non-hydrogen) atoms. The van der Waals surface area contributed by atoms with E-state index in [1.807, 2.05) is 6.08 Å². The highest BCUT2D eigenvalue weighted by Crippen LogP contribution is 2.13. The molecule has 0 heteroatoms. The van der Waals surface area contributed by atoms with Crippen molar-refractivity contribution < 1.29 is 0 Å². The summed E-state index contributed by atoms with van der Waals surface area (Å²) in [5.41, 5.74) is 4.38. The van der Waals surface area contributed by atoms with Crippen LogP contribution in [-0.4, -0.2) is 0 Å². The van der Waals surface area contributed by atoms with Gasteiger partial charge in [-0.2, -0.15) is 0 Å². The molecule has 0 aliphatic carbocycles. The van der Waals surface area contributed by atoms with Crippen molar-refractivity contribution in [1.29, 1.82) is 0 Å². The Morgan fingerprint density at radius 1 is 1.00 bits per heavy atom. The summed E-state index contributed by atoms with van der Waals surface area (Å²) in [6.07, 6.45) is 6.47. The Morgan fingerprint density at radius 3 is 1.93 bits per heavy atom. The van der Waals surface area contributed by atoms with Crippen LogP contribution in [0.4, 0.5) is 0 Å². The van der Waals surface area contributed by atoms with Gasteiger partial charge in [-0.05, 0) is 42.4 Å². The Balaban J connectivity index is 2.86. The van der Waals surface area contributed by atoms with Crippen molar-refractivity contribution in [1.82, 2.24) is 0 Å². The van der Waals surface area contributed by atoms with Gasteiger partial charge < -0.3 is 0 Å². The molecule has 0 aliphatic heterocycles. The minimum Gasteiger partial charge on any atom is -0.103 e. The molecule has 0 saturated heterocycles. The van der Waals surface area contributed by atoms with Gasteiger partial charge in [0, 0.05) is 0 Å². The molecular weight excluding hydrogens is 168 g/mol. The first kappa shape index (κ1) is 11.0. The van der Waals surface area contributed by atoms with Gasteiger partial charge in [0.25, 0.3) is 0 Å². The third kappa shape index (κ3) is 3.02. The van der Waals surface area contributed by atoms with Crippen molar-refractivity contribution in [3.05, 3.63) is 47.5 Å². The summed E-state index contributed by atoms with van der Waals surface area (Å²) in [5, 5.41) is 0. The van der Waals surface area contributed by atoms with Gasteiger partial charge in [-0.1, -0.05) is 38.1 Å². The average Bonchev–Trinajstić information content (AvgIpc) is 2.25. The maximum absolute atomic E-state index is 3.76. The number of allylic oxidation sites excluding steroid dienone is 1. The Morgan fingerprint density at radius 2 is 1.50 bits per heavy atom. The van der Waals surface area contributed by atoms with E-state index in [4.69, 9.17) is 0 Å².